The number of hydrogen-bond acceptors (Lipinski definition) is 3. The van der Waals surface area contributed by atoms with E-state index in [1.165, 1.54) is 35.9 Å². The number of benzene rings is 1. The average Bonchev–Trinajstić information content (AvgIpc) is 2.58. The molecule has 2 aromatic rings. The maximum Gasteiger partial charge on any atom is 0.298 e. The van der Waals surface area contributed by atoms with Crippen LogP contribution in [0.5, 0.6) is 5.75 Å². The second-order valence-electron chi connectivity index (χ2n) is 3.26. The molecule has 2 rings (SSSR count). The molecule has 0 aliphatic carbocycles. The molecular weight excluding hydrogens is 213 g/mol. The smallest absolute Gasteiger partial charge is 0.298 e. The first-order chi connectivity index (χ1) is 7.63. The summed E-state index contributed by atoms with van der Waals surface area (Å²) >= 11 is 0. The van der Waals surface area contributed by atoms with Gasteiger partial charge in [-0.25, -0.2) is 4.39 Å². The average molecular weight is 221 g/mol. The molecule has 0 N–H and O–H groups in total. The van der Waals surface area contributed by atoms with Crippen molar-refractivity contribution in [1.82, 2.24) is 4.57 Å². The van der Waals surface area contributed by atoms with Gasteiger partial charge in [0.1, 0.15) is 5.82 Å². The lowest BCUT2D eigenvalue weighted by Crippen LogP contribution is -2.02. The molecule has 0 amide bonds. The van der Waals surface area contributed by atoms with Gasteiger partial charge in [0.05, 0.1) is 11.7 Å². The molecule has 0 fully saturated rings. The number of halogens is 1. The fourth-order valence-electron chi connectivity index (χ4n) is 1.58. The highest BCUT2D eigenvalue weighted by atomic mass is 19.1. The van der Waals surface area contributed by atoms with Gasteiger partial charge in [-0.1, -0.05) is 0 Å². The number of hydrogen-bond donors (Lipinski definition) is 0. The largest absolute Gasteiger partial charge is 0.426 e. The van der Waals surface area contributed by atoms with Crippen molar-refractivity contribution in [3.8, 4) is 5.75 Å². The number of carbonyl (C=O) groups excluding carboxylic acids is 2. The molecule has 0 aliphatic rings. The lowest BCUT2D eigenvalue weighted by Gasteiger charge is -1.97. The van der Waals surface area contributed by atoms with Crippen LogP contribution in [-0.2, 0) is 4.79 Å². The van der Waals surface area contributed by atoms with Crippen LogP contribution < -0.4 is 4.74 Å². The minimum absolute atomic E-state index is 0.166. The molecule has 0 bridgehead atoms. The molecule has 1 heterocycles. The molecule has 4 nitrogen and oxygen atoms in total. The van der Waals surface area contributed by atoms with E-state index in [1.807, 2.05) is 0 Å². The molecule has 1 aromatic heterocycles. The number of fused-ring (bicyclic) bond motifs is 1. The van der Waals surface area contributed by atoms with Gasteiger partial charge in [0, 0.05) is 12.3 Å². The third-order valence-corrected chi connectivity index (χ3v) is 2.24. The normalized spacial score (nSPS) is 10.4. The summed E-state index contributed by atoms with van der Waals surface area (Å²) in [7, 11) is 0. The zero-order valence-corrected chi connectivity index (χ0v) is 8.44. The molecule has 0 atom stereocenters. The summed E-state index contributed by atoms with van der Waals surface area (Å²) in [6.45, 7) is 1.61. The third-order valence-electron chi connectivity index (χ3n) is 2.24. The lowest BCUT2D eigenvalue weighted by atomic mass is 10.2. The Morgan fingerprint density at radius 1 is 1.50 bits per heavy atom. The van der Waals surface area contributed by atoms with Crippen molar-refractivity contribution >= 4 is 23.3 Å². The molecule has 16 heavy (non-hydrogen) atoms. The molecule has 0 spiro atoms. The predicted octanol–water partition coefficient (Wildman–Crippen LogP) is 1.98. The standard InChI is InChI=1S/C11H8FNO3/c1-7(15)13-5-11(16-6-14)9-4-8(12)2-3-10(9)13/h2-6H,1H3. The van der Waals surface area contributed by atoms with Gasteiger partial charge >= 0.3 is 0 Å². The third kappa shape index (κ3) is 1.56. The summed E-state index contributed by atoms with van der Waals surface area (Å²) in [6.07, 6.45) is 1.36. The van der Waals surface area contributed by atoms with Crippen LogP contribution >= 0.6 is 0 Å². The predicted molar refractivity (Wildman–Crippen MR) is 54.9 cm³/mol. The Balaban J connectivity index is 2.75. The lowest BCUT2D eigenvalue weighted by molar-refractivity contribution is -0.120. The van der Waals surface area contributed by atoms with E-state index in [2.05, 4.69) is 4.74 Å². The van der Waals surface area contributed by atoms with E-state index in [9.17, 15) is 14.0 Å². The van der Waals surface area contributed by atoms with Crippen LogP contribution in [0.3, 0.4) is 0 Å². The summed E-state index contributed by atoms with van der Waals surface area (Å²) in [5.74, 6) is -0.526. The zero-order valence-electron chi connectivity index (χ0n) is 8.44. The summed E-state index contributed by atoms with van der Waals surface area (Å²) in [4.78, 5) is 21.6. The Kier molecular flexibility index (Phi) is 2.44. The molecule has 82 valence electrons. The molecule has 0 radical (unpaired) electrons. The summed E-state index contributed by atoms with van der Waals surface area (Å²) < 4.78 is 19.0. The molecular formula is C11H8FNO3. The first-order valence-corrected chi connectivity index (χ1v) is 4.55. The minimum Gasteiger partial charge on any atom is -0.426 e. The number of rotatable bonds is 2. The first kappa shape index (κ1) is 10.4. The fraction of sp³-hybridized carbons (Fsp3) is 0.0909. The van der Waals surface area contributed by atoms with Crippen molar-refractivity contribution in [2.45, 2.75) is 6.92 Å². The second kappa shape index (κ2) is 3.77. The van der Waals surface area contributed by atoms with E-state index < -0.39 is 5.82 Å². The van der Waals surface area contributed by atoms with E-state index in [1.54, 1.807) is 0 Å². The highest BCUT2D eigenvalue weighted by Gasteiger charge is 2.12. The van der Waals surface area contributed by atoms with Crippen LogP contribution in [-0.4, -0.2) is 16.9 Å². The molecule has 5 heteroatoms. The summed E-state index contributed by atoms with van der Waals surface area (Å²) in [5, 5.41) is 0.391. The molecule has 1 aromatic carbocycles. The van der Waals surface area contributed by atoms with Crippen molar-refractivity contribution in [3.05, 3.63) is 30.2 Å². The van der Waals surface area contributed by atoms with E-state index in [-0.39, 0.29) is 18.1 Å². The quantitative estimate of drug-likeness (QED) is 0.728. The van der Waals surface area contributed by atoms with Gasteiger partial charge in [-0.15, -0.1) is 0 Å². The highest BCUT2D eigenvalue weighted by Crippen LogP contribution is 2.28. The van der Waals surface area contributed by atoms with Crippen molar-refractivity contribution < 1.29 is 18.7 Å². The van der Waals surface area contributed by atoms with E-state index in [4.69, 9.17) is 0 Å². The maximum atomic E-state index is 13.0. The number of aromatic nitrogens is 1. The van der Waals surface area contributed by atoms with Gasteiger partial charge in [0.25, 0.3) is 6.47 Å². The van der Waals surface area contributed by atoms with Crippen molar-refractivity contribution in [2.75, 3.05) is 0 Å². The molecule has 0 unspecified atom stereocenters. The van der Waals surface area contributed by atoms with Gasteiger partial charge in [0.15, 0.2) is 5.75 Å². The summed E-state index contributed by atoms with van der Waals surface area (Å²) in [6, 6.07) is 3.92. The van der Waals surface area contributed by atoms with Crippen molar-refractivity contribution in [2.24, 2.45) is 0 Å². The van der Waals surface area contributed by atoms with Crippen LogP contribution in [0.2, 0.25) is 0 Å². The van der Waals surface area contributed by atoms with Crippen molar-refractivity contribution in [1.29, 1.82) is 0 Å². The Labute approximate surface area is 90.2 Å². The highest BCUT2D eigenvalue weighted by molar-refractivity contribution is 5.95. The Morgan fingerprint density at radius 2 is 2.25 bits per heavy atom. The van der Waals surface area contributed by atoms with Gasteiger partial charge in [-0.05, 0) is 18.2 Å². The number of ether oxygens (including phenoxy) is 1. The monoisotopic (exact) mass is 221 g/mol. The van der Waals surface area contributed by atoms with Gasteiger partial charge in [-0.2, -0.15) is 0 Å². The van der Waals surface area contributed by atoms with Gasteiger partial charge in [0.2, 0.25) is 5.91 Å². The fourth-order valence-corrected chi connectivity index (χ4v) is 1.58. The van der Waals surface area contributed by atoms with E-state index in [0.717, 1.165) is 0 Å². The molecule has 0 saturated carbocycles. The zero-order chi connectivity index (χ0) is 11.7. The van der Waals surface area contributed by atoms with Crippen LogP contribution in [0.4, 0.5) is 4.39 Å². The van der Waals surface area contributed by atoms with Crippen molar-refractivity contribution in [3.63, 3.8) is 0 Å². The Hall–Kier alpha value is -2.17. The topological polar surface area (TPSA) is 48.3 Å². The Bertz CT molecular complexity index is 574. The minimum atomic E-state index is -0.454. The second-order valence-corrected chi connectivity index (χ2v) is 3.26. The van der Waals surface area contributed by atoms with Crippen LogP contribution in [0, 0.1) is 5.82 Å². The SMILES string of the molecule is CC(=O)n1cc(OC=O)c2cc(F)ccc21. The Morgan fingerprint density at radius 3 is 2.88 bits per heavy atom. The van der Waals surface area contributed by atoms with E-state index in [0.29, 0.717) is 10.9 Å². The summed E-state index contributed by atoms with van der Waals surface area (Å²) in [5.41, 5.74) is 0.505. The number of nitrogens with zero attached hydrogens (tertiary/aromatic N) is 1. The maximum absolute atomic E-state index is 13.0. The van der Waals surface area contributed by atoms with Crippen LogP contribution in [0.1, 0.15) is 11.7 Å². The first-order valence-electron chi connectivity index (χ1n) is 4.55. The number of carbonyl (C=O) groups is 2. The van der Waals surface area contributed by atoms with E-state index >= 15 is 0 Å². The van der Waals surface area contributed by atoms with Gasteiger partial charge < -0.3 is 4.74 Å². The molecule has 0 saturated heterocycles. The van der Waals surface area contributed by atoms with Crippen LogP contribution in [0.25, 0.3) is 10.9 Å². The molecule has 0 aliphatic heterocycles. The van der Waals surface area contributed by atoms with Gasteiger partial charge in [-0.3, -0.25) is 14.2 Å². The van der Waals surface area contributed by atoms with Crippen LogP contribution in [0.15, 0.2) is 24.4 Å².